The van der Waals surface area contributed by atoms with Crippen LogP contribution in [0.15, 0.2) is 0 Å². The van der Waals surface area contributed by atoms with Crippen molar-refractivity contribution < 1.29 is 4.74 Å². The van der Waals surface area contributed by atoms with E-state index in [1.807, 2.05) is 0 Å². The van der Waals surface area contributed by atoms with Gasteiger partial charge in [-0.25, -0.2) is 0 Å². The molecule has 0 aliphatic carbocycles. The molecule has 0 fully saturated rings. The molecule has 110 valence electrons. The number of unbranched alkanes of at least 4 members (excludes halogenated alkanes) is 1. The van der Waals surface area contributed by atoms with Crippen molar-refractivity contribution in [2.24, 2.45) is 17.8 Å². The molecule has 0 saturated heterocycles. The van der Waals surface area contributed by atoms with Gasteiger partial charge in [-0.2, -0.15) is 0 Å². The topological polar surface area (TPSA) is 9.23 Å². The minimum absolute atomic E-state index is 0.404. The average molecular weight is 256 g/mol. The third-order valence-electron chi connectivity index (χ3n) is 4.45. The summed E-state index contributed by atoms with van der Waals surface area (Å²) in [4.78, 5) is 0. The fraction of sp³-hybridized carbons (Fsp3) is 1.00. The number of ether oxygens (including phenoxy) is 1. The van der Waals surface area contributed by atoms with Crippen LogP contribution in [0.25, 0.3) is 0 Å². The van der Waals surface area contributed by atoms with Gasteiger partial charge in [-0.3, -0.25) is 0 Å². The van der Waals surface area contributed by atoms with Crippen LogP contribution in [0.2, 0.25) is 0 Å². The van der Waals surface area contributed by atoms with Crippen LogP contribution in [0, 0.1) is 17.8 Å². The fourth-order valence-corrected chi connectivity index (χ4v) is 2.20. The molecule has 0 aliphatic rings. The van der Waals surface area contributed by atoms with Gasteiger partial charge in [0.1, 0.15) is 0 Å². The van der Waals surface area contributed by atoms with Gasteiger partial charge in [0.2, 0.25) is 0 Å². The minimum Gasteiger partial charge on any atom is -0.375 e. The van der Waals surface area contributed by atoms with Crippen molar-refractivity contribution in [1.82, 2.24) is 0 Å². The van der Waals surface area contributed by atoms with Crippen molar-refractivity contribution >= 4 is 0 Å². The summed E-state index contributed by atoms with van der Waals surface area (Å²) in [7, 11) is 0. The third-order valence-corrected chi connectivity index (χ3v) is 4.45. The Morgan fingerprint density at radius 3 is 1.94 bits per heavy atom. The molecule has 0 amide bonds. The standard InChI is InChI=1S/C17H36O/c1-8-10-11-14(5)16(7)18-17(9-2)12-15(6)13(3)4/h13-17H,8-12H2,1-7H3. The molecular formula is C17H36O. The number of hydrogen-bond donors (Lipinski definition) is 0. The van der Waals surface area contributed by atoms with Crippen molar-refractivity contribution in [2.45, 2.75) is 92.8 Å². The smallest absolute Gasteiger partial charge is 0.0578 e. The highest BCUT2D eigenvalue weighted by Gasteiger charge is 2.20. The molecule has 18 heavy (non-hydrogen) atoms. The molecule has 0 heterocycles. The van der Waals surface area contributed by atoms with Crippen molar-refractivity contribution in [3.8, 4) is 0 Å². The molecule has 0 aliphatic heterocycles. The monoisotopic (exact) mass is 256 g/mol. The predicted octanol–water partition coefficient (Wildman–Crippen LogP) is 5.68. The van der Waals surface area contributed by atoms with Crippen LogP contribution >= 0.6 is 0 Å². The van der Waals surface area contributed by atoms with Crippen LogP contribution in [0.1, 0.15) is 80.6 Å². The van der Waals surface area contributed by atoms with E-state index >= 15 is 0 Å². The van der Waals surface area contributed by atoms with Gasteiger partial charge < -0.3 is 4.74 Å². The molecule has 0 spiro atoms. The van der Waals surface area contributed by atoms with E-state index in [0.717, 1.165) is 18.3 Å². The highest BCUT2D eigenvalue weighted by molar-refractivity contribution is 4.69. The van der Waals surface area contributed by atoms with E-state index in [4.69, 9.17) is 4.74 Å². The van der Waals surface area contributed by atoms with Gasteiger partial charge in [0, 0.05) is 0 Å². The summed E-state index contributed by atoms with van der Waals surface area (Å²) in [5, 5.41) is 0. The third kappa shape index (κ3) is 7.41. The quantitative estimate of drug-likeness (QED) is 0.488. The Morgan fingerprint density at radius 2 is 1.50 bits per heavy atom. The van der Waals surface area contributed by atoms with Crippen LogP contribution < -0.4 is 0 Å². The molecular weight excluding hydrogens is 220 g/mol. The Kier molecular flexibility index (Phi) is 9.81. The number of rotatable bonds is 10. The first-order valence-electron chi connectivity index (χ1n) is 8.07. The molecule has 4 unspecified atom stereocenters. The van der Waals surface area contributed by atoms with Gasteiger partial charge in [-0.15, -0.1) is 0 Å². The molecule has 0 aromatic heterocycles. The van der Waals surface area contributed by atoms with Gasteiger partial charge in [-0.05, 0) is 43.9 Å². The Bertz CT molecular complexity index is 188. The second-order valence-electron chi connectivity index (χ2n) is 6.45. The lowest BCUT2D eigenvalue weighted by atomic mass is 9.91. The van der Waals surface area contributed by atoms with Crippen LogP contribution in [-0.2, 0) is 4.74 Å². The van der Waals surface area contributed by atoms with E-state index in [9.17, 15) is 0 Å². The summed E-state index contributed by atoms with van der Waals surface area (Å²) < 4.78 is 6.28. The summed E-state index contributed by atoms with van der Waals surface area (Å²) in [5.41, 5.74) is 0. The second-order valence-corrected chi connectivity index (χ2v) is 6.45. The van der Waals surface area contributed by atoms with Crippen molar-refractivity contribution in [2.75, 3.05) is 0 Å². The molecule has 4 atom stereocenters. The zero-order valence-electron chi connectivity index (χ0n) is 13.8. The highest BCUT2D eigenvalue weighted by Crippen LogP contribution is 2.23. The summed E-state index contributed by atoms with van der Waals surface area (Å²) in [6.45, 7) is 16.1. The molecule has 1 nitrogen and oxygen atoms in total. The van der Waals surface area contributed by atoms with Crippen molar-refractivity contribution in [3.05, 3.63) is 0 Å². The van der Waals surface area contributed by atoms with E-state index in [1.165, 1.54) is 25.7 Å². The van der Waals surface area contributed by atoms with Gasteiger partial charge in [0.15, 0.2) is 0 Å². The lowest BCUT2D eigenvalue weighted by Gasteiger charge is -2.28. The van der Waals surface area contributed by atoms with E-state index in [2.05, 4.69) is 48.5 Å². The van der Waals surface area contributed by atoms with E-state index in [1.54, 1.807) is 0 Å². The molecule has 0 radical (unpaired) electrons. The number of hydrogen-bond acceptors (Lipinski definition) is 1. The van der Waals surface area contributed by atoms with Gasteiger partial charge in [0.25, 0.3) is 0 Å². The highest BCUT2D eigenvalue weighted by atomic mass is 16.5. The average Bonchev–Trinajstić information content (AvgIpc) is 2.34. The Labute approximate surface area is 116 Å². The van der Waals surface area contributed by atoms with Gasteiger partial charge in [-0.1, -0.05) is 54.4 Å². The molecule has 0 saturated carbocycles. The van der Waals surface area contributed by atoms with Crippen LogP contribution in [0.3, 0.4) is 0 Å². The zero-order valence-corrected chi connectivity index (χ0v) is 13.8. The Hall–Kier alpha value is -0.0400. The lowest BCUT2D eigenvalue weighted by Crippen LogP contribution is -2.27. The zero-order chi connectivity index (χ0) is 14.1. The summed E-state index contributed by atoms with van der Waals surface area (Å²) in [6.07, 6.45) is 7.11. The predicted molar refractivity (Wildman–Crippen MR) is 81.9 cm³/mol. The Morgan fingerprint density at radius 1 is 0.889 bits per heavy atom. The fourth-order valence-electron chi connectivity index (χ4n) is 2.20. The maximum atomic E-state index is 6.28. The molecule has 0 aromatic carbocycles. The van der Waals surface area contributed by atoms with E-state index < -0.39 is 0 Å². The molecule has 0 N–H and O–H groups in total. The summed E-state index contributed by atoms with van der Waals surface area (Å²) >= 11 is 0. The molecule has 0 bridgehead atoms. The first-order chi connectivity index (χ1) is 8.42. The first kappa shape index (κ1) is 18.0. The van der Waals surface area contributed by atoms with Crippen molar-refractivity contribution in [3.63, 3.8) is 0 Å². The maximum absolute atomic E-state index is 6.28. The molecule has 1 heteroatoms. The molecule has 0 rings (SSSR count). The minimum atomic E-state index is 0.404. The van der Waals surface area contributed by atoms with Crippen LogP contribution in [0.4, 0.5) is 0 Å². The van der Waals surface area contributed by atoms with Gasteiger partial charge >= 0.3 is 0 Å². The van der Waals surface area contributed by atoms with Crippen LogP contribution in [0.5, 0.6) is 0 Å². The summed E-state index contributed by atoms with van der Waals surface area (Å²) in [6, 6.07) is 0. The Balaban J connectivity index is 4.10. The second kappa shape index (κ2) is 9.83. The summed E-state index contributed by atoms with van der Waals surface area (Å²) in [5.74, 6) is 2.21. The van der Waals surface area contributed by atoms with Crippen molar-refractivity contribution in [1.29, 1.82) is 0 Å². The SMILES string of the molecule is CCCCC(C)C(C)OC(CC)CC(C)C(C)C. The van der Waals surface area contributed by atoms with Gasteiger partial charge in [0.05, 0.1) is 12.2 Å². The van der Waals surface area contributed by atoms with E-state index in [0.29, 0.717) is 18.1 Å². The first-order valence-corrected chi connectivity index (χ1v) is 8.07. The largest absolute Gasteiger partial charge is 0.375 e. The lowest BCUT2D eigenvalue weighted by molar-refractivity contribution is -0.0440. The van der Waals surface area contributed by atoms with Crippen LogP contribution in [-0.4, -0.2) is 12.2 Å². The van der Waals surface area contributed by atoms with E-state index in [-0.39, 0.29) is 0 Å². The molecule has 0 aromatic rings. The maximum Gasteiger partial charge on any atom is 0.0578 e. The normalized spacial score (nSPS) is 18.7.